The van der Waals surface area contributed by atoms with Gasteiger partial charge in [-0.3, -0.25) is 4.79 Å². The van der Waals surface area contributed by atoms with Gasteiger partial charge in [-0.25, -0.2) is 0 Å². The Labute approximate surface area is 84.3 Å². The SMILES string of the molecule is CNCC(O)CC1(C(=O)O)CCCC1. The maximum atomic E-state index is 11.1. The smallest absolute Gasteiger partial charge is 0.309 e. The summed E-state index contributed by atoms with van der Waals surface area (Å²) in [4.78, 5) is 11.1. The highest BCUT2D eigenvalue weighted by Crippen LogP contribution is 2.42. The lowest BCUT2D eigenvalue weighted by atomic mass is 9.80. The second-order valence-electron chi connectivity index (χ2n) is 4.21. The van der Waals surface area contributed by atoms with Crippen LogP contribution in [0.3, 0.4) is 0 Å². The van der Waals surface area contributed by atoms with Gasteiger partial charge in [0.25, 0.3) is 0 Å². The number of carboxylic acids is 1. The molecule has 0 aromatic carbocycles. The number of aliphatic hydroxyl groups is 1. The lowest BCUT2D eigenvalue weighted by molar-refractivity contribution is -0.150. The van der Waals surface area contributed by atoms with Gasteiger partial charge in [0.1, 0.15) is 0 Å². The minimum atomic E-state index is -0.745. The zero-order chi connectivity index (χ0) is 10.6. The van der Waals surface area contributed by atoms with Crippen LogP contribution < -0.4 is 5.32 Å². The molecule has 4 heteroatoms. The van der Waals surface area contributed by atoms with Crippen LogP contribution in [-0.2, 0) is 4.79 Å². The van der Waals surface area contributed by atoms with Gasteiger partial charge in [0, 0.05) is 6.54 Å². The van der Waals surface area contributed by atoms with Crippen molar-refractivity contribution in [2.45, 2.75) is 38.2 Å². The monoisotopic (exact) mass is 201 g/mol. The van der Waals surface area contributed by atoms with Gasteiger partial charge in [-0.05, 0) is 26.3 Å². The topological polar surface area (TPSA) is 69.6 Å². The first-order chi connectivity index (χ1) is 6.60. The molecule has 0 bridgehead atoms. The standard InChI is InChI=1S/C10H19NO3/c1-11-7-8(12)6-10(9(13)14)4-2-3-5-10/h8,11-12H,2-7H2,1H3,(H,13,14). The quantitative estimate of drug-likeness (QED) is 0.609. The van der Waals surface area contributed by atoms with Crippen LogP contribution >= 0.6 is 0 Å². The summed E-state index contributed by atoms with van der Waals surface area (Å²) >= 11 is 0. The van der Waals surface area contributed by atoms with E-state index in [4.69, 9.17) is 5.11 Å². The molecule has 0 aromatic heterocycles. The van der Waals surface area contributed by atoms with E-state index in [1.54, 1.807) is 7.05 Å². The van der Waals surface area contributed by atoms with E-state index in [2.05, 4.69) is 5.32 Å². The molecule has 0 spiro atoms. The lowest BCUT2D eigenvalue weighted by Gasteiger charge is -2.26. The van der Waals surface area contributed by atoms with Crippen LogP contribution in [0.15, 0.2) is 0 Å². The van der Waals surface area contributed by atoms with Gasteiger partial charge in [0.2, 0.25) is 0 Å². The highest BCUT2D eigenvalue weighted by Gasteiger charge is 2.42. The van der Waals surface area contributed by atoms with Crippen molar-refractivity contribution in [1.82, 2.24) is 5.32 Å². The van der Waals surface area contributed by atoms with Gasteiger partial charge in [-0.15, -0.1) is 0 Å². The Morgan fingerprint density at radius 3 is 2.50 bits per heavy atom. The molecule has 0 heterocycles. The van der Waals surface area contributed by atoms with Crippen molar-refractivity contribution in [3.8, 4) is 0 Å². The molecule has 1 saturated carbocycles. The zero-order valence-electron chi connectivity index (χ0n) is 8.62. The van der Waals surface area contributed by atoms with E-state index < -0.39 is 17.5 Å². The normalized spacial score (nSPS) is 22.1. The Hall–Kier alpha value is -0.610. The van der Waals surface area contributed by atoms with Gasteiger partial charge in [0.15, 0.2) is 0 Å². The third kappa shape index (κ3) is 2.45. The van der Waals surface area contributed by atoms with Crippen molar-refractivity contribution in [2.75, 3.05) is 13.6 Å². The van der Waals surface area contributed by atoms with Crippen LogP contribution in [-0.4, -0.2) is 35.9 Å². The number of hydrogen-bond acceptors (Lipinski definition) is 3. The molecule has 14 heavy (non-hydrogen) atoms. The highest BCUT2D eigenvalue weighted by atomic mass is 16.4. The average Bonchev–Trinajstić information content (AvgIpc) is 2.54. The molecule has 0 aliphatic heterocycles. The first-order valence-corrected chi connectivity index (χ1v) is 5.17. The first kappa shape index (κ1) is 11.5. The minimum Gasteiger partial charge on any atom is -0.481 e. The molecule has 0 radical (unpaired) electrons. The predicted octanol–water partition coefficient (Wildman–Crippen LogP) is 0.602. The van der Waals surface area contributed by atoms with Crippen LogP contribution in [0.1, 0.15) is 32.1 Å². The molecule has 0 aromatic rings. The summed E-state index contributed by atoms with van der Waals surface area (Å²) in [6.07, 6.45) is 3.20. The molecule has 0 amide bonds. The summed E-state index contributed by atoms with van der Waals surface area (Å²) in [7, 11) is 1.76. The van der Waals surface area contributed by atoms with Gasteiger partial charge in [-0.2, -0.15) is 0 Å². The molecule has 1 aliphatic carbocycles. The summed E-state index contributed by atoms with van der Waals surface area (Å²) < 4.78 is 0. The number of hydrogen-bond donors (Lipinski definition) is 3. The average molecular weight is 201 g/mol. The third-order valence-electron chi connectivity index (χ3n) is 3.08. The van der Waals surface area contributed by atoms with Crippen molar-refractivity contribution >= 4 is 5.97 Å². The molecule has 82 valence electrons. The Morgan fingerprint density at radius 2 is 2.07 bits per heavy atom. The van der Waals surface area contributed by atoms with Gasteiger partial charge >= 0.3 is 5.97 Å². The molecule has 1 atom stereocenters. The van der Waals surface area contributed by atoms with Gasteiger partial charge in [-0.1, -0.05) is 12.8 Å². The summed E-state index contributed by atoms with van der Waals surface area (Å²) in [6, 6.07) is 0. The van der Waals surface area contributed by atoms with E-state index in [0.717, 1.165) is 12.8 Å². The van der Waals surface area contributed by atoms with Gasteiger partial charge in [0.05, 0.1) is 11.5 Å². The van der Waals surface area contributed by atoms with E-state index >= 15 is 0 Å². The van der Waals surface area contributed by atoms with Crippen LogP contribution in [0.25, 0.3) is 0 Å². The van der Waals surface area contributed by atoms with E-state index in [0.29, 0.717) is 25.8 Å². The Morgan fingerprint density at radius 1 is 1.50 bits per heavy atom. The summed E-state index contributed by atoms with van der Waals surface area (Å²) in [5, 5.41) is 21.6. The van der Waals surface area contributed by atoms with E-state index in [9.17, 15) is 9.90 Å². The predicted molar refractivity (Wildman–Crippen MR) is 53.1 cm³/mol. The Bertz CT molecular complexity index is 200. The molecule has 0 saturated heterocycles. The number of likely N-dealkylation sites (N-methyl/N-ethyl adjacent to an activating group) is 1. The number of aliphatic carboxylic acids is 1. The van der Waals surface area contributed by atoms with Crippen molar-refractivity contribution in [1.29, 1.82) is 0 Å². The maximum Gasteiger partial charge on any atom is 0.309 e. The fraction of sp³-hybridized carbons (Fsp3) is 0.900. The summed E-state index contributed by atoms with van der Waals surface area (Å²) in [5.41, 5.74) is -0.656. The fourth-order valence-corrected chi connectivity index (χ4v) is 2.32. The molecule has 1 unspecified atom stereocenters. The molecule has 1 rings (SSSR count). The second-order valence-corrected chi connectivity index (χ2v) is 4.21. The minimum absolute atomic E-state index is 0.378. The molecule has 4 nitrogen and oxygen atoms in total. The molecule has 3 N–H and O–H groups in total. The largest absolute Gasteiger partial charge is 0.481 e. The molecule has 1 fully saturated rings. The van der Waals surface area contributed by atoms with Crippen LogP contribution in [0.2, 0.25) is 0 Å². The van der Waals surface area contributed by atoms with Crippen molar-refractivity contribution in [3.05, 3.63) is 0 Å². The number of nitrogens with one attached hydrogen (secondary N) is 1. The third-order valence-corrected chi connectivity index (χ3v) is 3.08. The number of carboxylic acid groups (broad SMARTS) is 1. The number of rotatable bonds is 5. The van der Waals surface area contributed by atoms with Crippen molar-refractivity contribution in [3.63, 3.8) is 0 Å². The van der Waals surface area contributed by atoms with E-state index in [1.165, 1.54) is 0 Å². The summed E-state index contributed by atoms with van der Waals surface area (Å²) in [6.45, 7) is 0.467. The van der Waals surface area contributed by atoms with E-state index in [1.807, 2.05) is 0 Å². The van der Waals surface area contributed by atoms with Crippen molar-refractivity contribution in [2.24, 2.45) is 5.41 Å². The fourth-order valence-electron chi connectivity index (χ4n) is 2.32. The maximum absolute atomic E-state index is 11.1. The van der Waals surface area contributed by atoms with E-state index in [-0.39, 0.29) is 0 Å². The lowest BCUT2D eigenvalue weighted by Crippen LogP contribution is -2.35. The molecular weight excluding hydrogens is 182 g/mol. The van der Waals surface area contributed by atoms with Crippen LogP contribution in [0.5, 0.6) is 0 Å². The Balaban J connectivity index is 2.55. The second kappa shape index (κ2) is 4.75. The first-order valence-electron chi connectivity index (χ1n) is 5.17. The molecule has 1 aliphatic rings. The van der Waals surface area contributed by atoms with Crippen LogP contribution in [0.4, 0.5) is 0 Å². The van der Waals surface area contributed by atoms with Crippen molar-refractivity contribution < 1.29 is 15.0 Å². The highest BCUT2D eigenvalue weighted by molar-refractivity contribution is 5.75. The van der Waals surface area contributed by atoms with Gasteiger partial charge < -0.3 is 15.5 Å². The number of aliphatic hydroxyl groups excluding tert-OH is 1. The Kier molecular flexibility index (Phi) is 3.89. The summed E-state index contributed by atoms with van der Waals surface area (Å²) in [5.74, 6) is -0.745. The zero-order valence-corrected chi connectivity index (χ0v) is 8.62. The number of carbonyl (C=O) groups is 1. The van der Waals surface area contributed by atoms with Crippen LogP contribution in [0, 0.1) is 5.41 Å². The molecular formula is C10H19NO3.